The van der Waals surface area contributed by atoms with Gasteiger partial charge in [0, 0.05) is 11.3 Å². The lowest BCUT2D eigenvalue weighted by Gasteiger charge is -2.09. The van der Waals surface area contributed by atoms with Gasteiger partial charge in [-0.2, -0.15) is 23.7 Å². The first kappa shape index (κ1) is 18.6. The number of nitrogens with one attached hydrogen (secondary N) is 1. The molecule has 8 heteroatoms. The summed E-state index contributed by atoms with van der Waals surface area (Å²) in [6.07, 6.45) is -4.54. The number of aliphatic hydroxyl groups excluding tert-OH is 1. The topological polar surface area (TPSA) is 96.9 Å². The predicted molar refractivity (Wildman–Crippen MR) is 86.4 cm³/mol. The minimum absolute atomic E-state index is 0.107. The highest BCUT2D eigenvalue weighted by Crippen LogP contribution is 2.30. The SMILES string of the molecule is N#C/C(C(=O)Nc1ccc(C#N)cc1)=C(/O)c1ccc(C(F)(F)F)cc1. The highest BCUT2D eigenvalue weighted by molar-refractivity contribution is 6.10. The van der Waals surface area contributed by atoms with E-state index in [0.29, 0.717) is 5.56 Å². The van der Waals surface area contributed by atoms with Crippen LogP contribution in [0.3, 0.4) is 0 Å². The molecule has 0 saturated heterocycles. The molecule has 0 aliphatic rings. The fourth-order valence-corrected chi connectivity index (χ4v) is 1.99. The maximum Gasteiger partial charge on any atom is 0.416 e. The van der Waals surface area contributed by atoms with Crippen LogP contribution in [0.4, 0.5) is 18.9 Å². The third kappa shape index (κ3) is 4.19. The lowest BCUT2D eigenvalue weighted by atomic mass is 10.1. The van der Waals surface area contributed by atoms with E-state index in [-0.39, 0.29) is 11.3 Å². The van der Waals surface area contributed by atoms with Crippen LogP contribution in [0, 0.1) is 22.7 Å². The third-order valence-corrected chi connectivity index (χ3v) is 3.33. The van der Waals surface area contributed by atoms with E-state index in [1.807, 2.05) is 6.07 Å². The molecule has 2 aromatic rings. The van der Waals surface area contributed by atoms with Gasteiger partial charge in [0.05, 0.1) is 17.2 Å². The molecule has 2 aromatic carbocycles. The summed E-state index contributed by atoms with van der Waals surface area (Å²) >= 11 is 0. The summed E-state index contributed by atoms with van der Waals surface area (Å²) in [5.41, 5.74) is -1.04. The van der Waals surface area contributed by atoms with Crippen LogP contribution < -0.4 is 5.32 Å². The second kappa shape index (κ2) is 7.41. The fourth-order valence-electron chi connectivity index (χ4n) is 1.99. The van der Waals surface area contributed by atoms with E-state index >= 15 is 0 Å². The maximum atomic E-state index is 12.6. The molecule has 0 aliphatic heterocycles. The number of hydrogen-bond acceptors (Lipinski definition) is 4. The first-order valence-corrected chi connectivity index (χ1v) is 7.08. The van der Waals surface area contributed by atoms with Crippen molar-refractivity contribution in [3.05, 3.63) is 70.8 Å². The van der Waals surface area contributed by atoms with Crippen molar-refractivity contribution >= 4 is 17.4 Å². The molecule has 0 radical (unpaired) electrons. The number of aliphatic hydroxyl groups is 1. The molecule has 0 saturated carbocycles. The number of amides is 1. The number of hydrogen-bond donors (Lipinski definition) is 2. The van der Waals surface area contributed by atoms with Gasteiger partial charge in [-0.3, -0.25) is 4.79 Å². The smallest absolute Gasteiger partial charge is 0.416 e. The number of rotatable bonds is 3. The Morgan fingerprint density at radius 2 is 1.58 bits per heavy atom. The zero-order valence-corrected chi connectivity index (χ0v) is 13.0. The highest BCUT2D eigenvalue weighted by Gasteiger charge is 2.30. The van der Waals surface area contributed by atoms with Crippen molar-refractivity contribution in [3.8, 4) is 12.1 Å². The van der Waals surface area contributed by atoms with Gasteiger partial charge in [-0.1, -0.05) is 12.1 Å². The van der Waals surface area contributed by atoms with Crippen LogP contribution in [-0.4, -0.2) is 11.0 Å². The third-order valence-electron chi connectivity index (χ3n) is 3.33. The van der Waals surface area contributed by atoms with Gasteiger partial charge in [0.25, 0.3) is 5.91 Å². The Bertz CT molecular complexity index is 932. The van der Waals surface area contributed by atoms with Crippen LogP contribution in [0.15, 0.2) is 54.1 Å². The van der Waals surface area contributed by atoms with E-state index in [2.05, 4.69) is 5.32 Å². The Labute approximate surface area is 146 Å². The number of anilines is 1. The van der Waals surface area contributed by atoms with Crippen LogP contribution in [0.5, 0.6) is 0 Å². The lowest BCUT2D eigenvalue weighted by molar-refractivity contribution is -0.137. The molecule has 0 atom stereocenters. The van der Waals surface area contributed by atoms with Crippen LogP contribution in [0.1, 0.15) is 16.7 Å². The molecule has 0 aliphatic carbocycles. The van der Waals surface area contributed by atoms with Gasteiger partial charge in [0.15, 0.2) is 5.57 Å². The van der Waals surface area contributed by atoms with Gasteiger partial charge in [0.2, 0.25) is 0 Å². The summed E-state index contributed by atoms with van der Waals surface area (Å²) < 4.78 is 37.7. The van der Waals surface area contributed by atoms with Gasteiger partial charge >= 0.3 is 6.18 Å². The minimum atomic E-state index is -4.54. The first-order chi connectivity index (χ1) is 12.3. The van der Waals surface area contributed by atoms with Gasteiger partial charge in [-0.15, -0.1) is 0 Å². The molecular formula is C18H10F3N3O2. The van der Waals surface area contributed by atoms with Crippen molar-refractivity contribution < 1.29 is 23.1 Å². The largest absolute Gasteiger partial charge is 0.506 e. The average molecular weight is 357 g/mol. The van der Waals surface area contributed by atoms with Crippen LogP contribution in [0.25, 0.3) is 5.76 Å². The molecule has 0 bridgehead atoms. The van der Waals surface area contributed by atoms with Crippen molar-refractivity contribution in [1.82, 2.24) is 0 Å². The van der Waals surface area contributed by atoms with Gasteiger partial charge in [0.1, 0.15) is 11.8 Å². The minimum Gasteiger partial charge on any atom is -0.506 e. The van der Waals surface area contributed by atoms with Crippen molar-refractivity contribution in [1.29, 1.82) is 10.5 Å². The molecule has 26 heavy (non-hydrogen) atoms. The summed E-state index contributed by atoms with van der Waals surface area (Å²) in [5, 5.41) is 30.3. The first-order valence-electron chi connectivity index (χ1n) is 7.08. The molecular weight excluding hydrogens is 347 g/mol. The number of nitriles is 2. The quantitative estimate of drug-likeness (QED) is 0.493. The van der Waals surface area contributed by atoms with Crippen molar-refractivity contribution in [2.75, 3.05) is 5.32 Å². The predicted octanol–water partition coefficient (Wildman–Crippen LogP) is 4.01. The maximum absolute atomic E-state index is 12.6. The van der Waals surface area contributed by atoms with E-state index in [4.69, 9.17) is 10.5 Å². The fraction of sp³-hybridized carbons (Fsp3) is 0.0556. The number of halogens is 3. The Kier molecular flexibility index (Phi) is 5.29. The van der Waals surface area contributed by atoms with Gasteiger partial charge in [-0.25, -0.2) is 0 Å². The number of benzene rings is 2. The van der Waals surface area contributed by atoms with Crippen molar-refractivity contribution in [2.45, 2.75) is 6.18 Å². The summed E-state index contributed by atoms with van der Waals surface area (Å²) in [4.78, 5) is 12.1. The standard InChI is InChI=1S/C18H10F3N3O2/c19-18(20,21)13-5-3-12(4-6-13)16(25)15(10-23)17(26)24-14-7-1-11(9-22)2-8-14/h1-8,25H,(H,24,26)/b16-15-. The number of carbonyl (C=O) groups excluding carboxylic acids is 1. The van der Waals surface area contributed by atoms with Crippen LogP contribution in [-0.2, 0) is 11.0 Å². The monoisotopic (exact) mass is 357 g/mol. The second-order valence-corrected chi connectivity index (χ2v) is 5.05. The van der Waals surface area contributed by atoms with E-state index in [1.165, 1.54) is 30.3 Å². The van der Waals surface area contributed by atoms with E-state index in [1.54, 1.807) is 0 Å². The van der Waals surface area contributed by atoms with Crippen LogP contribution >= 0.6 is 0 Å². The number of carbonyl (C=O) groups is 1. The molecule has 0 aromatic heterocycles. The summed E-state index contributed by atoms with van der Waals surface area (Å²) in [5.74, 6) is -1.68. The summed E-state index contributed by atoms with van der Waals surface area (Å²) in [7, 11) is 0. The number of nitrogens with zero attached hydrogens (tertiary/aromatic N) is 2. The molecule has 5 nitrogen and oxygen atoms in total. The molecule has 0 heterocycles. The molecule has 2 N–H and O–H groups in total. The molecule has 130 valence electrons. The van der Waals surface area contributed by atoms with Crippen molar-refractivity contribution in [2.24, 2.45) is 0 Å². The molecule has 0 fully saturated rings. The molecule has 0 spiro atoms. The Morgan fingerprint density at radius 3 is 2.04 bits per heavy atom. The normalized spacial score (nSPS) is 11.7. The Balaban J connectivity index is 2.28. The van der Waals surface area contributed by atoms with E-state index < -0.39 is 29.0 Å². The summed E-state index contributed by atoms with van der Waals surface area (Å²) in [6.45, 7) is 0. The average Bonchev–Trinajstić information content (AvgIpc) is 2.62. The molecule has 0 unspecified atom stereocenters. The Morgan fingerprint density at radius 1 is 1.00 bits per heavy atom. The van der Waals surface area contributed by atoms with Crippen molar-refractivity contribution in [3.63, 3.8) is 0 Å². The second-order valence-electron chi connectivity index (χ2n) is 5.05. The summed E-state index contributed by atoms with van der Waals surface area (Å²) in [6, 6.07) is 12.6. The lowest BCUT2D eigenvalue weighted by Crippen LogP contribution is -2.15. The van der Waals surface area contributed by atoms with Crippen LogP contribution in [0.2, 0.25) is 0 Å². The zero-order valence-electron chi connectivity index (χ0n) is 13.0. The van der Waals surface area contributed by atoms with E-state index in [0.717, 1.165) is 24.3 Å². The molecule has 2 rings (SSSR count). The Hall–Kier alpha value is -3.78. The van der Waals surface area contributed by atoms with Gasteiger partial charge < -0.3 is 10.4 Å². The number of alkyl halides is 3. The zero-order chi connectivity index (χ0) is 19.3. The molecule has 1 amide bonds. The van der Waals surface area contributed by atoms with Gasteiger partial charge in [-0.05, 0) is 36.4 Å². The van der Waals surface area contributed by atoms with E-state index in [9.17, 15) is 23.1 Å². The highest BCUT2D eigenvalue weighted by atomic mass is 19.4.